The normalized spacial score (nSPS) is 15.2. The number of piperazine rings is 1. The van der Waals surface area contributed by atoms with Crippen LogP contribution in [0.15, 0.2) is 53.0 Å². The fourth-order valence-electron chi connectivity index (χ4n) is 3.03. The Labute approximate surface area is 158 Å². The summed E-state index contributed by atoms with van der Waals surface area (Å²) in [5.74, 6) is 0.0341. The quantitative estimate of drug-likeness (QED) is 0.727. The van der Waals surface area contributed by atoms with Crippen LogP contribution in [0.4, 0.5) is 18.9 Å². The van der Waals surface area contributed by atoms with E-state index in [4.69, 9.17) is 0 Å². The van der Waals surface area contributed by atoms with Crippen molar-refractivity contribution in [3.8, 4) is 0 Å². The third-order valence-corrected chi connectivity index (χ3v) is 4.91. The van der Waals surface area contributed by atoms with Crippen LogP contribution in [0.2, 0.25) is 0 Å². The van der Waals surface area contributed by atoms with E-state index in [0.29, 0.717) is 38.3 Å². The molecule has 1 heterocycles. The number of rotatable bonds is 3. The number of hydrogen-bond donors (Lipinski definition) is 0. The van der Waals surface area contributed by atoms with Crippen molar-refractivity contribution in [3.05, 3.63) is 64.1 Å². The van der Waals surface area contributed by atoms with Crippen molar-refractivity contribution in [2.24, 2.45) is 0 Å². The summed E-state index contributed by atoms with van der Waals surface area (Å²) in [6.45, 7) is 2.04. The Morgan fingerprint density at radius 1 is 1.00 bits per heavy atom. The molecule has 26 heavy (non-hydrogen) atoms. The van der Waals surface area contributed by atoms with E-state index >= 15 is 0 Å². The number of amides is 1. The summed E-state index contributed by atoms with van der Waals surface area (Å²) < 4.78 is 39.5. The first-order chi connectivity index (χ1) is 12.3. The predicted octanol–water partition coefficient (Wildman–Crippen LogP) is 4.36. The van der Waals surface area contributed by atoms with Gasteiger partial charge in [-0.15, -0.1) is 0 Å². The molecule has 0 atom stereocenters. The van der Waals surface area contributed by atoms with Crippen LogP contribution in [-0.2, 0) is 17.4 Å². The predicted molar refractivity (Wildman–Crippen MR) is 98.1 cm³/mol. The van der Waals surface area contributed by atoms with Crippen molar-refractivity contribution in [2.75, 3.05) is 31.1 Å². The van der Waals surface area contributed by atoms with Crippen LogP contribution in [0.5, 0.6) is 0 Å². The Kier molecular flexibility index (Phi) is 5.55. The van der Waals surface area contributed by atoms with Gasteiger partial charge >= 0.3 is 6.18 Å². The number of carbonyl (C=O) groups excluding carboxylic acids is 1. The molecule has 1 saturated heterocycles. The summed E-state index contributed by atoms with van der Waals surface area (Å²) in [4.78, 5) is 16.1. The summed E-state index contributed by atoms with van der Waals surface area (Å²) in [5.41, 5.74) is 0.826. The molecule has 1 fully saturated rings. The molecule has 0 aliphatic carbocycles. The lowest BCUT2D eigenvalue weighted by atomic mass is 10.1. The molecule has 0 spiro atoms. The number of alkyl halides is 3. The fraction of sp³-hybridized carbons (Fsp3) is 0.316. The Bertz CT molecular complexity index is 786. The molecule has 2 aromatic rings. The lowest BCUT2D eigenvalue weighted by Crippen LogP contribution is -2.49. The smallest absolute Gasteiger partial charge is 0.368 e. The monoisotopic (exact) mass is 426 g/mol. The highest BCUT2D eigenvalue weighted by molar-refractivity contribution is 9.10. The summed E-state index contributed by atoms with van der Waals surface area (Å²) in [7, 11) is 0. The van der Waals surface area contributed by atoms with Crippen LogP contribution in [0, 0.1) is 0 Å². The third-order valence-electron chi connectivity index (χ3n) is 4.42. The second-order valence-electron chi connectivity index (χ2n) is 6.22. The minimum Gasteiger partial charge on any atom is -0.368 e. The highest BCUT2D eigenvalue weighted by Gasteiger charge is 2.31. The van der Waals surface area contributed by atoms with E-state index < -0.39 is 11.7 Å². The summed E-state index contributed by atoms with van der Waals surface area (Å²) in [6, 6.07) is 12.9. The summed E-state index contributed by atoms with van der Waals surface area (Å²) in [5, 5.41) is 0. The van der Waals surface area contributed by atoms with Crippen molar-refractivity contribution in [1.82, 2.24) is 4.90 Å². The molecule has 0 radical (unpaired) electrons. The standard InChI is InChI=1S/C19H18BrF3N2O/c20-16-5-1-3-14(11-16)12-18(26)25-9-7-24(8-10-25)17-6-2-4-15(13-17)19(21,22)23/h1-6,11,13H,7-10,12H2. The summed E-state index contributed by atoms with van der Waals surface area (Å²) >= 11 is 3.39. The first-order valence-electron chi connectivity index (χ1n) is 8.27. The number of anilines is 1. The average Bonchev–Trinajstić information content (AvgIpc) is 2.61. The molecule has 1 aliphatic rings. The van der Waals surface area contributed by atoms with Gasteiger partial charge in [-0.25, -0.2) is 0 Å². The van der Waals surface area contributed by atoms with E-state index in [-0.39, 0.29) is 5.91 Å². The van der Waals surface area contributed by atoms with E-state index in [9.17, 15) is 18.0 Å². The molecule has 1 amide bonds. The maximum Gasteiger partial charge on any atom is 0.416 e. The van der Waals surface area contributed by atoms with Gasteiger partial charge in [0.1, 0.15) is 0 Å². The lowest BCUT2D eigenvalue weighted by Gasteiger charge is -2.36. The van der Waals surface area contributed by atoms with Gasteiger partial charge in [-0.1, -0.05) is 34.1 Å². The van der Waals surface area contributed by atoms with Crippen molar-refractivity contribution in [2.45, 2.75) is 12.6 Å². The van der Waals surface area contributed by atoms with Gasteiger partial charge in [-0.05, 0) is 35.9 Å². The lowest BCUT2D eigenvalue weighted by molar-refractivity contribution is -0.137. The molecule has 0 unspecified atom stereocenters. The van der Waals surface area contributed by atoms with Crippen LogP contribution in [0.1, 0.15) is 11.1 Å². The molecule has 0 N–H and O–H groups in total. The molecule has 0 saturated carbocycles. The van der Waals surface area contributed by atoms with Gasteiger partial charge in [0.15, 0.2) is 0 Å². The molecule has 2 aromatic carbocycles. The Hall–Kier alpha value is -2.02. The fourth-order valence-corrected chi connectivity index (χ4v) is 3.47. The minimum atomic E-state index is -4.35. The van der Waals surface area contributed by atoms with Gasteiger partial charge < -0.3 is 9.80 Å². The largest absolute Gasteiger partial charge is 0.416 e. The number of halogens is 4. The van der Waals surface area contributed by atoms with Crippen LogP contribution < -0.4 is 4.90 Å². The second kappa shape index (κ2) is 7.70. The SMILES string of the molecule is O=C(Cc1cccc(Br)c1)N1CCN(c2cccc(C(F)(F)F)c2)CC1. The zero-order chi connectivity index (χ0) is 18.7. The number of hydrogen-bond acceptors (Lipinski definition) is 2. The number of nitrogens with zero attached hydrogens (tertiary/aromatic N) is 2. The zero-order valence-electron chi connectivity index (χ0n) is 14.0. The van der Waals surface area contributed by atoms with Crippen LogP contribution in [0.3, 0.4) is 0 Å². The molecule has 138 valence electrons. The van der Waals surface area contributed by atoms with Crippen LogP contribution in [0.25, 0.3) is 0 Å². The van der Waals surface area contributed by atoms with Gasteiger partial charge in [0.05, 0.1) is 12.0 Å². The molecular formula is C19H18BrF3N2O. The minimum absolute atomic E-state index is 0.0341. The highest BCUT2D eigenvalue weighted by Crippen LogP contribution is 2.31. The maximum absolute atomic E-state index is 12.9. The number of carbonyl (C=O) groups is 1. The number of benzene rings is 2. The molecule has 7 heteroatoms. The van der Waals surface area contributed by atoms with Gasteiger partial charge in [-0.2, -0.15) is 13.2 Å². The van der Waals surface area contributed by atoms with Crippen LogP contribution in [-0.4, -0.2) is 37.0 Å². The molecule has 0 bridgehead atoms. The average molecular weight is 427 g/mol. The molecule has 1 aliphatic heterocycles. The molecular weight excluding hydrogens is 409 g/mol. The van der Waals surface area contributed by atoms with E-state index in [0.717, 1.165) is 16.1 Å². The van der Waals surface area contributed by atoms with Crippen LogP contribution >= 0.6 is 15.9 Å². The first kappa shape index (κ1) is 18.8. The third kappa shape index (κ3) is 4.58. The van der Waals surface area contributed by atoms with E-state index in [1.807, 2.05) is 29.2 Å². The van der Waals surface area contributed by atoms with Gasteiger partial charge in [0, 0.05) is 36.3 Å². The highest BCUT2D eigenvalue weighted by atomic mass is 79.9. The summed E-state index contributed by atoms with van der Waals surface area (Å²) in [6.07, 6.45) is -4.03. The second-order valence-corrected chi connectivity index (χ2v) is 7.14. The van der Waals surface area contributed by atoms with Gasteiger partial charge in [0.2, 0.25) is 5.91 Å². The van der Waals surface area contributed by atoms with Crippen molar-refractivity contribution < 1.29 is 18.0 Å². The van der Waals surface area contributed by atoms with Gasteiger partial charge in [-0.3, -0.25) is 4.79 Å². The molecule has 3 rings (SSSR count). The van der Waals surface area contributed by atoms with E-state index in [1.54, 1.807) is 11.0 Å². The first-order valence-corrected chi connectivity index (χ1v) is 9.07. The van der Waals surface area contributed by atoms with Crippen molar-refractivity contribution >= 4 is 27.5 Å². The Morgan fingerprint density at radius 3 is 2.35 bits per heavy atom. The van der Waals surface area contributed by atoms with E-state index in [2.05, 4.69) is 15.9 Å². The zero-order valence-corrected chi connectivity index (χ0v) is 15.6. The maximum atomic E-state index is 12.9. The Balaban J connectivity index is 1.60. The topological polar surface area (TPSA) is 23.6 Å². The molecule has 3 nitrogen and oxygen atoms in total. The van der Waals surface area contributed by atoms with Gasteiger partial charge in [0.25, 0.3) is 0 Å². The van der Waals surface area contributed by atoms with Crippen molar-refractivity contribution in [3.63, 3.8) is 0 Å². The molecule has 0 aromatic heterocycles. The van der Waals surface area contributed by atoms with Crippen molar-refractivity contribution in [1.29, 1.82) is 0 Å². The van der Waals surface area contributed by atoms with E-state index in [1.165, 1.54) is 12.1 Å². The Morgan fingerprint density at radius 2 is 1.69 bits per heavy atom.